The summed E-state index contributed by atoms with van der Waals surface area (Å²) in [6.45, 7) is 1.77. The molecule has 0 aliphatic carbocycles. The zero-order valence-corrected chi connectivity index (χ0v) is 10.0. The fraction of sp³-hybridized carbons (Fsp3) is 0.273. The number of benzene rings is 1. The Balaban J connectivity index is 0.00000225. The minimum Gasteiger partial charge on any atom is -1.00 e. The van der Waals surface area contributed by atoms with Crippen molar-refractivity contribution in [3.05, 3.63) is 29.8 Å². The lowest BCUT2D eigenvalue weighted by atomic mass is 10.1. The lowest BCUT2D eigenvalue weighted by Crippen LogP contribution is -3.00. The summed E-state index contributed by atoms with van der Waals surface area (Å²) in [5.74, 6) is 0.366. The third-order valence-electron chi connectivity index (χ3n) is 1.84. The molecule has 0 aliphatic rings. The molecule has 4 nitrogen and oxygen atoms in total. The number of rotatable bonds is 3. The average molecular weight is 243 g/mol. The molecule has 3 N–H and O–H groups in total. The van der Waals surface area contributed by atoms with Crippen molar-refractivity contribution < 1.29 is 26.9 Å². The summed E-state index contributed by atoms with van der Waals surface area (Å²) < 4.78 is 4.59. The molecule has 0 fully saturated rings. The summed E-state index contributed by atoms with van der Waals surface area (Å²) in [6.07, 6.45) is 0.273. The summed E-state index contributed by atoms with van der Waals surface area (Å²) in [5.41, 5.74) is 7.28. The molecule has 0 aromatic heterocycles. The number of halogens is 1. The van der Waals surface area contributed by atoms with E-state index in [1.807, 2.05) is 24.3 Å². The number of ether oxygens (including phenoxy) is 1. The Morgan fingerprint density at radius 1 is 1.50 bits per heavy atom. The van der Waals surface area contributed by atoms with E-state index in [0.29, 0.717) is 5.84 Å². The van der Waals surface area contributed by atoms with Crippen molar-refractivity contribution in [2.45, 2.75) is 13.3 Å². The highest BCUT2D eigenvalue weighted by atomic mass is 35.5. The van der Waals surface area contributed by atoms with Crippen LogP contribution in [0.2, 0.25) is 0 Å². The third-order valence-corrected chi connectivity index (χ3v) is 1.84. The van der Waals surface area contributed by atoms with Crippen LogP contribution in [0.25, 0.3) is 0 Å². The van der Waals surface area contributed by atoms with Crippen molar-refractivity contribution >= 4 is 17.5 Å². The minimum absolute atomic E-state index is 0. The van der Waals surface area contributed by atoms with Gasteiger partial charge in [-0.05, 0) is 17.7 Å². The minimum atomic E-state index is -0.249. The highest BCUT2D eigenvalue weighted by Crippen LogP contribution is 2.06. The van der Waals surface area contributed by atoms with Crippen LogP contribution in [-0.4, -0.2) is 18.9 Å². The average Bonchev–Trinajstić information content (AvgIpc) is 2.17. The first-order valence-corrected chi connectivity index (χ1v) is 4.63. The number of amidine groups is 1. The van der Waals surface area contributed by atoms with Gasteiger partial charge >= 0.3 is 5.97 Å². The number of nitrogens with two attached hydrogens (primary N) is 1. The van der Waals surface area contributed by atoms with Crippen LogP contribution in [0.4, 0.5) is 5.69 Å². The normalized spacial score (nSPS) is 10.5. The van der Waals surface area contributed by atoms with Crippen LogP contribution in [-0.2, 0) is 16.0 Å². The monoisotopic (exact) mass is 242 g/mol. The van der Waals surface area contributed by atoms with Crippen LogP contribution in [0.3, 0.4) is 0 Å². The molecule has 16 heavy (non-hydrogen) atoms. The number of methoxy groups -OCH3 is 1. The number of nitrogens with one attached hydrogen (secondary N) is 1. The smallest absolute Gasteiger partial charge is 0.309 e. The predicted molar refractivity (Wildman–Crippen MR) is 57.7 cm³/mol. The molecule has 88 valence electrons. The maximum Gasteiger partial charge on any atom is 0.309 e. The van der Waals surface area contributed by atoms with Gasteiger partial charge in [-0.3, -0.25) is 10.5 Å². The largest absolute Gasteiger partial charge is 1.00 e. The molecule has 0 saturated heterocycles. The second-order valence-electron chi connectivity index (χ2n) is 3.26. The molecule has 5 heteroatoms. The second-order valence-corrected chi connectivity index (χ2v) is 3.26. The van der Waals surface area contributed by atoms with E-state index in [1.165, 1.54) is 7.11 Å². The Bertz CT molecular complexity index is 387. The fourth-order valence-corrected chi connectivity index (χ4v) is 1.23. The fourth-order valence-electron chi connectivity index (χ4n) is 1.23. The standard InChI is InChI=1S/C11H14N2O2.ClH/c1-8(12)13-10-5-3-4-9(6-10)7-11(14)15-2;/h3-6H,7H2,1-2H3,(H2,12,13);1H. The summed E-state index contributed by atoms with van der Waals surface area (Å²) in [5, 5.41) is 0. The molecule has 0 heterocycles. The Labute approximate surface area is 101 Å². The number of hydrogen-bond donors (Lipinski definition) is 2. The summed E-state index contributed by atoms with van der Waals surface area (Å²) >= 11 is 0. The van der Waals surface area contributed by atoms with E-state index in [-0.39, 0.29) is 24.8 Å². The van der Waals surface area contributed by atoms with Gasteiger partial charge in [0.25, 0.3) is 0 Å². The first-order chi connectivity index (χ1) is 7.11. The van der Waals surface area contributed by atoms with Crippen molar-refractivity contribution in [2.75, 3.05) is 7.11 Å². The van der Waals surface area contributed by atoms with Gasteiger partial charge < -0.3 is 17.1 Å². The lowest BCUT2D eigenvalue weighted by Gasteiger charge is -2.00. The molecule has 0 bridgehead atoms. The van der Waals surface area contributed by atoms with Crippen molar-refractivity contribution in [1.29, 1.82) is 0 Å². The zero-order valence-electron chi connectivity index (χ0n) is 9.29. The van der Waals surface area contributed by atoms with Gasteiger partial charge in [0.2, 0.25) is 5.84 Å². The van der Waals surface area contributed by atoms with Crippen molar-refractivity contribution in [2.24, 2.45) is 5.73 Å². The van der Waals surface area contributed by atoms with Crippen molar-refractivity contribution in [3.63, 3.8) is 0 Å². The number of carbonyl (C=O) groups excluding carboxylic acids is 1. The highest BCUT2D eigenvalue weighted by Gasteiger charge is 2.03. The molecule has 1 aromatic carbocycles. The summed E-state index contributed by atoms with van der Waals surface area (Å²) in [6, 6.07) is 7.49. The van der Waals surface area contributed by atoms with Gasteiger partial charge in [0, 0.05) is 6.92 Å². The van der Waals surface area contributed by atoms with Gasteiger partial charge in [0.15, 0.2) is 0 Å². The Morgan fingerprint density at radius 3 is 2.75 bits per heavy atom. The van der Waals surface area contributed by atoms with Gasteiger partial charge in [-0.1, -0.05) is 12.1 Å². The van der Waals surface area contributed by atoms with Crippen molar-refractivity contribution in [1.82, 2.24) is 0 Å². The maximum absolute atomic E-state index is 11.0. The first kappa shape index (κ1) is 14.5. The molecule has 0 unspecified atom stereocenters. The predicted octanol–water partition coefficient (Wildman–Crippen LogP) is -3.50. The number of hydrogen-bond acceptors (Lipinski definition) is 2. The van der Waals surface area contributed by atoms with Gasteiger partial charge in [-0.25, -0.2) is 4.99 Å². The maximum atomic E-state index is 11.0. The molecular formula is C11H15ClN2O2. The van der Waals surface area contributed by atoms with Gasteiger partial charge in [0.05, 0.1) is 13.5 Å². The molecule has 0 aliphatic heterocycles. The van der Waals surface area contributed by atoms with E-state index in [0.717, 1.165) is 11.3 Å². The zero-order chi connectivity index (χ0) is 11.3. The van der Waals surface area contributed by atoms with Crippen molar-refractivity contribution in [3.8, 4) is 0 Å². The number of esters is 1. The molecule has 1 rings (SSSR count). The molecule has 1 aromatic rings. The molecule has 0 atom stereocenters. The highest BCUT2D eigenvalue weighted by molar-refractivity contribution is 5.73. The molecule has 0 amide bonds. The van der Waals surface area contributed by atoms with Gasteiger partial charge in [-0.15, -0.1) is 0 Å². The van der Waals surface area contributed by atoms with E-state index in [2.05, 4.69) is 9.73 Å². The van der Waals surface area contributed by atoms with Crippen LogP contribution < -0.4 is 23.1 Å². The Morgan fingerprint density at radius 2 is 2.19 bits per heavy atom. The first-order valence-electron chi connectivity index (χ1n) is 4.63. The van der Waals surface area contributed by atoms with Crippen LogP contribution >= 0.6 is 0 Å². The second kappa shape index (κ2) is 6.85. The van der Waals surface area contributed by atoms with E-state index >= 15 is 0 Å². The Kier molecular flexibility index (Phi) is 6.18. The SMILES string of the molecule is COC(=O)Cc1cccc([NH+]=C(C)N)c1.[Cl-]. The quantitative estimate of drug-likeness (QED) is 0.328. The topological polar surface area (TPSA) is 66.3 Å². The third kappa shape index (κ3) is 4.79. The van der Waals surface area contributed by atoms with E-state index in [1.54, 1.807) is 6.92 Å². The van der Waals surface area contributed by atoms with Crippen LogP contribution in [0.1, 0.15) is 12.5 Å². The van der Waals surface area contributed by atoms with Crippen LogP contribution in [0.15, 0.2) is 24.3 Å². The number of carbonyl (C=O) groups is 1. The van der Waals surface area contributed by atoms with E-state index in [4.69, 9.17) is 5.73 Å². The summed E-state index contributed by atoms with van der Waals surface area (Å²) in [7, 11) is 1.38. The van der Waals surface area contributed by atoms with Crippen LogP contribution in [0, 0.1) is 0 Å². The molecule has 0 saturated carbocycles. The van der Waals surface area contributed by atoms with E-state index < -0.39 is 0 Å². The molecular weight excluding hydrogens is 228 g/mol. The van der Waals surface area contributed by atoms with Gasteiger partial charge in [0.1, 0.15) is 5.69 Å². The molecule has 0 spiro atoms. The Hall–Kier alpha value is -1.55. The lowest BCUT2D eigenvalue weighted by molar-refractivity contribution is -0.355. The van der Waals surface area contributed by atoms with E-state index in [9.17, 15) is 4.79 Å². The molecule has 0 radical (unpaired) electrons. The van der Waals surface area contributed by atoms with Crippen LogP contribution in [0.5, 0.6) is 0 Å². The summed E-state index contributed by atoms with van der Waals surface area (Å²) in [4.78, 5) is 14.0. The van der Waals surface area contributed by atoms with Gasteiger partial charge in [-0.2, -0.15) is 0 Å².